The van der Waals surface area contributed by atoms with Crippen molar-refractivity contribution in [3.8, 4) is 0 Å². The summed E-state index contributed by atoms with van der Waals surface area (Å²) < 4.78 is -0.347. The minimum absolute atomic E-state index is 0.235. The molecule has 1 fully saturated rings. The largest absolute Gasteiger partial charge is 0.299 e. The Morgan fingerprint density at radius 3 is 2.38 bits per heavy atom. The SMILES string of the molecule is CC(=O)C1C(=O)CC(C)(C)SC1=O. The van der Waals surface area contributed by atoms with Gasteiger partial charge in [0.2, 0.25) is 5.12 Å². The summed E-state index contributed by atoms with van der Waals surface area (Å²) >= 11 is 1.10. The Bertz CT molecular complexity index is 261. The first-order valence-electron chi connectivity index (χ1n) is 4.09. The first kappa shape index (κ1) is 10.4. The predicted octanol–water partition coefficient (Wildman–Crippen LogP) is 1.20. The number of rotatable bonds is 1. The van der Waals surface area contributed by atoms with Crippen molar-refractivity contribution in [3.05, 3.63) is 0 Å². The van der Waals surface area contributed by atoms with E-state index < -0.39 is 5.92 Å². The normalized spacial score (nSPS) is 27.5. The number of Topliss-reactive ketones (excluding diaryl/α,β-unsaturated/α-hetero) is 2. The third-order valence-electron chi connectivity index (χ3n) is 1.94. The summed E-state index contributed by atoms with van der Waals surface area (Å²) in [5.41, 5.74) is 0. The van der Waals surface area contributed by atoms with Crippen LogP contribution in [0.5, 0.6) is 0 Å². The van der Waals surface area contributed by atoms with Crippen LogP contribution >= 0.6 is 11.8 Å². The van der Waals surface area contributed by atoms with Crippen LogP contribution in [0.4, 0.5) is 0 Å². The maximum atomic E-state index is 11.4. The van der Waals surface area contributed by atoms with Crippen molar-refractivity contribution in [3.63, 3.8) is 0 Å². The monoisotopic (exact) mass is 200 g/mol. The first-order valence-corrected chi connectivity index (χ1v) is 4.91. The molecule has 72 valence electrons. The van der Waals surface area contributed by atoms with E-state index in [1.54, 1.807) is 0 Å². The van der Waals surface area contributed by atoms with Crippen LogP contribution in [0, 0.1) is 5.92 Å². The second-order valence-corrected chi connectivity index (χ2v) is 5.58. The van der Waals surface area contributed by atoms with E-state index in [2.05, 4.69) is 0 Å². The molecule has 13 heavy (non-hydrogen) atoms. The summed E-state index contributed by atoms with van der Waals surface area (Å²) in [5, 5.41) is -0.297. The van der Waals surface area contributed by atoms with Crippen LogP contribution in [0.25, 0.3) is 0 Å². The highest BCUT2D eigenvalue weighted by Crippen LogP contribution is 2.37. The average molecular weight is 200 g/mol. The number of ketones is 2. The Hall–Kier alpha value is -0.640. The van der Waals surface area contributed by atoms with E-state index in [4.69, 9.17) is 0 Å². The lowest BCUT2D eigenvalue weighted by Crippen LogP contribution is -2.40. The van der Waals surface area contributed by atoms with Crippen LogP contribution in [0.1, 0.15) is 27.2 Å². The fourth-order valence-electron chi connectivity index (χ4n) is 1.41. The zero-order valence-electron chi connectivity index (χ0n) is 7.92. The smallest absolute Gasteiger partial charge is 0.207 e. The minimum Gasteiger partial charge on any atom is -0.299 e. The second-order valence-electron chi connectivity index (χ2n) is 3.87. The molecule has 0 spiro atoms. The molecule has 0 saturated carbocycles. The minimum atomic E-state index is -1.00. The fourth-order valence-corrected chi connectivity index (χ4v) is 2.59. The number of thioether (sulfide) groups is 1. The van der Waals surface area contributed by atoms with E-state index >= 15 is 0 Å². The molecule has 1 heterocycles. The maximum absolute atomic E-state index is 11.4. The topological polar surface area (TPSA) is 51.2 Å². The molecule has 1 aliphatic heterocycles. The van der Waals surface area contributed by atoms with Crippen LogP contribution in [0.3, 0.4) is 0 Å². The summed E-state index contributed by atoms with van der Waals surface area (Å²) in [7, 11) is 0. The van der Waals surface area contributed by atoms with Gasteiger partial charge in [-0.1, -0.05) is 11.8 Å². The molecule has 4 heteroatoms. The molecule has 1 saturated heterocycles. The van der Waals surface area contributed by atoms with Crippen LogP contribution in [0.2, 0.25) is 0 Å². The maximum Gasteiger partial charge on any atom is 0.207 e. The van der Waals surface area contributed by atoms with Gasteiger partial charge in [0.15, 0.2) is 5.78 Å². The molecular weight excluding hydrogens is 188 g/mol. The Kier molecular flexibility index (Phi) is 2.61. The van der Waals surface area contributed by atoms with Gasteiger partial charge in [0.1, 0.15) is 11.7 Å². The zero-order chi connectivity index (χ0) is 10.2. The lowest BCUT2D eigenvalue weighted by Gasteiger charge is -2.29. The van der Waals surface area contributed by atoms with E-state index in [1.807, 2.05) is 13.8 Å². The third-order valence-corrected chi connectivity index (χ3v) is 3.07. The number of carbonyl (C=O) groups is 3. The van der Waals surface area contributed by atoms with E-state index in [9.17, 15) is 14.4 Å². The third kappa shape index (κ3) is 2.18. The number of hydrogen-bond acceptors (Lipinski definition) is 4. The summed E-state index contributed by atoms with van der Waals surface area (Å²) in [6.45, 7) is 4.97. The van der Waals surface area contributed by atoms with Crippen LogP contribution in [-0.2, 0) is 14.4 Å². The van der Waals surface area contributed by atoms with Gasteiger partial charge in [-0.3, -0.25) is 14.4 Å². The van der Waals surface area contributed by atoms with Crippen LogP contribution in [-0.4, -0.2) is 21.4 Å². The van der Waals surface area contributed by atoms with Crippen molar-refractivity contribution < 1.29 is 14.4 Å². The van der Waals surface area contributed by atoms with Crippen molar-refractivity contribution in [2.75, 3.05) is 0 Å². The molecule has 0 radical (unpaired) electrons. The summed E-state index contributed by atoms with van der Waals surface area (Å²) in [6.07, 6.45) is 0.299. The highest BCUT2D eigenvalue weighted by atomic mass is 32.2. The molecule has 1 atom stereocenters. The molecule has 0 bridgehead atoms. The van der Waals surface area contributed by atoms with Gasteiger partial charge >= 0.3 is 0 Å². The van der Waals surface area contributed by atoms with Gasteiger partial charge in [-0.15, -0.1) is 0 Å². The first-order chi connectivity index (χ1) is 5.83. The Labute approximate surface area is 81.3 Å². The zero-order valence-corrected chi connectivity index (χ0v) is 8.73. The molecule has 0 amide bonds. The quantitative estimate of drug-likeness (QED) is 0.597. The molecule has 0 N–H and O–H groups in total. The van der Waals surface area contributed by atoms with Crippen LogP contribution < -0.4 is 0 Å². The molecular formula is C9H12O3S. The number of hydrogen-bond donors (Lipinski definition) is 0. The van der Waals surface area contributed by atoms with Crippen molar-refractivity contribution in [1.82, 2.24) is 0 Å². The van der Waals surface area contributed by atoms with E-state index in [1.165, 1.54) is 6.92 Å². The molecule has 0 aromatic carbocycles. The average Bonchev–Trinajstić information content (AvgIpc) is 1.78. The lowest BCUT2D eigenvalue weighted by molar-refractivity contribution is -0.136. The van der Waals surface area contributed by atoms with Crippen LogP contribution in [0.15, 0.2) is 0 Å². The molecule has 0 aromatic rings. The summed E-state index contributed by atoms with van der Waals surface area (Å²) in [4.78, 5) is 33.8. The Morgan fingerprint density at radius 1 is 1.46 bits per heavy atom. The van der Waals surface area contributed by atoms with Gasteiger partial charge in [0.25, 0.3) is 0 Å². The van der Waals surface area contributed by atoms with E-state index in [0.717, 1.165) is 11.8 Å². The molecule has 1 aliphatic rings. The molecule has 3 nitrogen and oxygen atoms in total. The van der Waals surface area contributed by atoms with Crippen molar-refractivity contribution >= 4 is 28.4 Å². The predicted molar refractivity (Wildman–Crippen MR) is 50.5 cm³/mol. The molecule has 1 rings (SSSR count). The highest BCUT2D eigenvalue weighted by molar-refractivity contribution is 8.15. The van der Waals surface area contributed by atoms with Gasteiger partial charge in [-0.25, -0.2) is 0 Å². The van der Waals surface area contributed by atoms with E-state index in [0.29, 0.717) is 6.42 Å². The molecule has 0 aliphatic carbocycles. The lowest BCUT2D eigenvalue weighted by atomic mass is 9.93. The van der Waals surface area contributed by atoms with Crippen molar-refractivity contribution in [2.45, 2.75) is 31.9 Å². The van der Waals surface area contributed by atoms with Crippen molar-refractivity contribution in [1.29, 1.82) is 0 Å². The Morgan fingerprint density at radius 2 is 2.00 bits per heavy atom. The second kappa shape index (κ2) is 3.25. The number of carbonyl (C=O) groups excluding carboxylic acids is 3. The van der Waals surface area contributed by atoms with Gasteiger partial charge in [-0.2, -0.15) is 0 Å². The van der Waals surface area contributed by atoms with Gasteiger partial charge in [-0.05, 0) is 20.8 Å². The summed E-state index contributed by atoms with van der Waals surface area (Å²) in [5.74, 6) is -1.57. The summed E-state index contributed by atoms with van der Waals surface area (Å²) in [6, 6.07) is 0. The molecule has 1 unspecified atom stereocenters. The van der Waals surface area contributed by atoms with E-state index in [-0.39, 0.29) is 21.4 Å². The standard InChI is InChI=1S/C9H12O3S/c1-5(10)7-6(11)4-9(2,3)13-8(7)12/h7H,4H2,1-3H3. The highest BCUT2D eigenvalue weighted by Gasteiger charge is 2.42. The Balaban J connectivity index is 2.89. The van der Waals surface area contributed by atoms with Gasteiger partial charge in [0, 0.05) is 11.2 Å². The molecule has 0 aromatic heterocycles. The van der Waals surface area contributed by atoms with Crippen molar-refractivity contribution in [2.24, 2.45) is 5.92 Å². The fraction of sp³-hybridized carbons (Fsp3) is 0.667. The van der Waals surface area contributed by atoms with Gasteiger partial charge < -0.3 is 0 Å². The van der Waals surface area contributed by atoms with Gasteiger partial charge in [0.05, 0.1) is 0 Å².